The highest BCUT2D eigenvalue weighted by atomic mass is 32.2. The van der Waals surface area contributed by atoms with Crippen LogP contribution in [0.25, 0.3) is 0 Å². The molecule has 0 saturated heterocycles. The molecule has 10 heteroatoms. The zero-order valence-corrected chi connectivity index (χ0v) is 13.2. The van der Waals surface area contributed by atoms with Gasteiger partial charge in [-0.2, -0.15) is 23.5 Å². The van der Waals surface area contributed by atoms with Crippen molar-refractivity contribution in [2.45, 2.75) is 24.5 Å². The Morgan fingerprint density at radius 2 is 1.55 bits per heavy atom. The van der Waals surface area contributed by atoms with E-state index >= 15 is 0 Å². The summed E-state index contributed by atoms with van der Waals surface area (Å²) >= 11 is 2.89. The molecule has 0 aliphatic rings. The standard InChI is InChI=1S/C10H22N4O4S2/c1-19-4-3-6(11)8(15)17-10(13,14)18-9(16)7(12)5-20-2/h6-7H,3-5,11-14H2,1-2H3. The van der Waals surface area contributed by atoms with Crippen molar-refractivity contribution in [3.8, 4) is 0 Å². The first-order chi connectivity index (χ1) is 9.23. The molecule has 20 heavy (non-hydrogen) atoms. The smallest absolute Gasteiger partial charge is 0.380 e. The molecule has 0 heterocycles. The van der Waals surface area contributed by atoms with Gasteiger partial charge >= 0.3 is 18.0 Å². The molecule has 0 aromatic rings. The molecule has 0 aromatic heterocycles. The first-order valence-electron chi connectivity index (χ1n) is 5.76. The van der Waals surface area contributed by atoms with Crippen LogP contribution in [-0.2, 0) is 19.1 Å². The zero-order valence-electron chi connectivity index (χ0n) is 11.5. The topological polar surface area (TPSA) is 157 Å². The highest BCUT2D eigenvalue weighted by Gasteiger charge is 2.33. The van der Waals surface area contributed by atoms with Crippen LogP contribution in [0.4, 0.5) is 0 Å². The number of hydrogen-bond acceptors (Lipinski definition) is 10. The van der Waals surface area contributed by atoms with Crippen LogP contribution in [0, 0.1) is 0 Å². The molecule has 2 unspecified atom stereocenters. The number of thioether (sulfide) groups is 2. The fourth-order valence-electron chi connectivity index (χ4n) is 1.10. The van der Waals surface area contributed by atoms with Crippen LogP contribution in [0.15, 0.2) is 0 Å². The minimum atomic E-state index is -2.37. The lowest BCUT2D eigenvalue weighted by atomic mass is 10.2. The van der Waals surface area contributed by atoms with Crippen LogP contribution in [0.3, 0.4) is 0 Å². The third-order valence-corrected chi connectivity index (χ3v) is 3.44. The van der Waals surface area contributed by atoms with E-state index in [1.54, 1.807) is 6.26 Å². The fraction of sp³-hybridized carbons (Fsp3) is 0.800. The molecule has 0 aliphatic carbocycles. The van der Waals surface area contributed by atoms with E-state index in [1.165, 1.54) is 23.5 Å². The van der Waals surface area contributed by atoms with Crippen LogP contribution >= 0.6 is 23.5 Å². The maximum absolute atomic E-state index is 11.6. The Bertz CT molecular complexity index is 330. The summed E-state index contributed by atoms with van der Waals surface area (Å²) in [5.41, 5.74) is 21.9. The summed E-state index contributed by atoms with van der Waals surface area (Å²) in [5.74, 6) is -0.683. The van der Waals surface area contributed by atoms with E-state index in [9.17, 15) is 9.59 Å². The number of carbonyl (C=O) groups is 2. The van der Waals surface area contributed by atoms with Gasteiger partial charge in [-0.1, -0.05) is 0 Å². The molecule has 0 bridgehead atoms. The van der Waals surface area contributed by atoms with E-state index in [-0.39, 0.29) is 0 Å². The Morgan fingerprint density at radius 1 is 1.05 bits per heavy atom. The largest absolute Gasteiger partial charge is 0.394 e. The summed E-state index contributed by atoms with van der Waals surface area (Å²) in [7, 11) is 0. The third kappa shape index (κ3) is 7.92. The van der Waals surface area contributed by atoms with Crippen molar-refractivity contribution >= 4 is 35.5 Å². The van der Waals surface area contributed by atoms with Gasteiger partial charge in [-0.05, 0) is 24.7 Å². The van der Waals surface area contributed by atoms with Gasteiger partial charge in [0.2, 0.25) is 0 Å². The molecular weight excluding hydrogens is 304 g/mol. The van der Waals surface area contributed by atoms with Gasteiger partial charge in [-0.15, -0.1) is 0 Å². The van der Waals surface area contributed by atoms with Gasteiger partial charge in [0.05, 0.1) is 0 Å². The lowest BCUT2D eigenvalue weighted by molar-refractivity contribution is -0.226. The summed E-state index contributed by atoms with van der Waals surface area (Å²) in [6.45, 7) is 0. The second-order valence-electron chi connectivity index (χ2n) is 4.01. The van der Waals surface area contributed by atoms with Gasteiger partial charge in [0.1, 0.15) is 12.1 Å². The summed E-state index contributed by atoms with van der Waals surface area (Å²) in [6, 6.07) is -4.16. The minimum absolute atomic E-state index is 0.329. The summed E-state index contributed by atoms with van der Waals surface area (Å²) in [5, 5.41) is 0. The fourth-order valence-corrected chi connectivity index (χ4v) is 2.08. The zero-order chi connectivity index (χ0) is 15.8. The Labute approximate surface area is 126 Å². The second-order valence-corrected chi connectivity index (χ2v) is 5.91. The van der Waals surface area contributed by atoms with Crippen molar-refractivity contribution in [2.24, 2.45) is 22.9 Å². The van der Waals surface area contributed by atoms with Gasteiger partial charge in [0.15, 0.2) is 0 Å². The molecule has 0 fully saturated rings. The predicted molar refractivity (Wildman–Crippen MR) is 80.6 cm³/mol. The van der Waals surface area contributed by atoms with Crippen molar-refractivity contribution in [3.63, 3.8) is 0 Å². The maximum atomic E-state index is 11.6. The van der Waals surface area contributed by atoms with Gasteiger partial charge < -0.3 is 20.9 Å². The van der Waals surface area contributed by atoms with Crippen LogP contribution in [0.5, 0.6) is 0 Å². The van der Waals surface area contributed by atoms with E-state index in [0.717, 1.165) is 0 Å². The molecule has 0 aliphatic heterocycles. The van der Waals surface area contributed by atoms with Crippen LogP contribution < -0.4 is 22.9 Å². The van der Waals surface area contributed by atoms with Gasteiger partial charge in [0, 0.05) is 5.75 Å². The average molecular weight is 326 g/mol. The first kappa shape index (κ1) is 19.5. The lowest BCUT2D eigenvalue weighted by Gasteiger charge is -2.26. The van der Waals surface area contributed by atoms with Gasteiger partial charge in [-0.25, -0.2) is 11.5 Å². The lowest BCUT2D eigenvalue weighted by Crippen LogP contribution is -2.59. The van der Waals surface area contributed by atoms with Crippen molar-refractivity contribution in [2.75, 3.05) is 24.0 Å². The maximum Gasteiger partial charge on any atom is 0.380 e. The van der Waals surface area contributed by atoms with Crippen LogP contribution in [-0.4, -0.2) is 54.1 Å². The molecule has 2 atom stereocenters. The van der Waals surface area contributed by atoms with Gasteiger partial charge in [-0.3, -0.25) is 9.59 Å². The molecule has 0 spiro atoms. The molecule has 8 N–H and O–H groups in total. The summed E-state index contributed by atoms with van der Waals surface area (Å²) in [4.78, 5) is 23.1. The van der Waals surface area contributed by atoms with E-state index in [0.29, 0.717) is 17.9 Å². The average Bonchev–Trinajstić information content (AvgIpc) is 2.34. The van der Waals surface area contributed by atoms with E-state index in [1.807, 2.05) is 6.26 Å². The molecule has 0 rings (SSSR count). The highest BCUT2D eigenvalue weighted by molar-refractivity contribution is 7.98. The Hall–Kier alpha value is -0.520. The SMILES string of the molecule is CSCCC(N)C(=O)OC(N)(N)OC(=O)C(N)CSC. The number of carbonyl (C=O) groups excluding carboxylic acids is 2. The molecule has 8 nitrogen and oxygen atoms in total. The van der Waals surface area contributed by atoms with Crippen molar-refractivity contribution in [3.05, 3.63) is 0 Å². The van der Waals surface area contributed by atoms with Crippen molar-refractivity contribution in [1.29, 1.82) is 0 Å². The normalized spacial score (nSPS) is 14.5. The van der Waals surface area contributed by atoms with Crippen LogP contribution in [0.2, 0.25) is 0 Å². The van der Waals surface area contributed by atoms with Gasteiger partial charge in [0.25, 0.3) is 0 Å². The van der Waals surface area contributed by atoms with E-state index in [2.05, 4.69) is 9.47 Å². The number of esters is 2. The van der Waals surface area contributed by atoms with E-state index in [4.69, 9.17) is 22.9 Å². The second kappa shape index (κ2) is 9.42. The number of rotatable bonds is 9. The highest BCUT2D eigenvalue weighted by Crippen LogP contribution is 2.06. The predicted octanol–water partition coefficient (Wildman–Crippen LogP) is -1.63. The molecule has 0 amide bonds. The van der Waals surface area contributed by atoms with E-state index < -0.39 is 30.1 Å². The Kier molecular flexibility index (Phi) is 9.18. The monoisotopic (exact) mass is 326 g/mol. The molecule has 0 saturated carbocycles. The number of ether oxygens (including phenoxy) is 2. The molecular formula is C10H22N4O4S2. The Morgan fingerprint density at radius 3 is 2.00 bits per heavy atom. The minimum Gasteiger partial charge on any atom is -0.394 e. The molecule has 0 radical (unpaired) electrons. The number of nitrogens with two attached hydrogens (primary N) is 4. The molecule has 118 valence electrons. The Balaban J connectivity index is 4.36. The first-order valence-corrected chi connectivity index (χ1v) is 8.54. The quantitative estimate of drug-likeness (QED) is 0.286. The van der Waals surface area contributed by atoms with Crippen molar-refractivity contribution in [1.82, 2.24) is 0 Å². The van der Waals surface area contributed by atoms with Crippen molar-refractivity contribution < 1.29 is 19.1 Å². The van der Waals surface area contributed by atoms with Crippen LogP contribution in [0.1, 0.15) is 6.42 Å². The summed E-state index contributed by atoms with van der Waals surface area (Å²) < 4.78 is 9.32. The number of hydrogen-bond donors (Lipinski definition) is 4. The summed E-state index contributed by atoms with van der Waals surface area (Å²) in [6.07, 6.45) is 4.05. The molecule has 0 aromatic carbocycles. The third-order valence-electron chi connectivity index (χ3n) is 2.10.